The highest BCUT2D eigenvalue weighted by Crippen LogP contribution is 2.22. The molecule has 0 aliphatic rings. The molecule has 2 aromatic carbocycles. The van der Waals surface area contributed by atoms with Crippen molar-refractivity contribution in [2.45, 2.75) is 6.54 Å². The van der Waals surface area contributed by atoms with Crippen LogP contribution in [-0.4, -0.2) is 23.2 Å². The largest absolute Gasteiger partial charge is 0.508 e. The second kappa shape index (κ2) is 5.97. The lowest BCUT2D eigenvalue weighted by molar-refractivity contribution is 0.0948. The number of hydrogen-bond acceptors (Lipinski definition) is 4. The van der Waals surface area contributed by atoms with Crippen molar-refractivity contribution >= 4 is 5.91 Å². The molecule has 0 aromatic heterocycles. The molecule has 0 bridgehead atoms. The number of carbonyl (C=O) groups excluding carboxylic acids is 1. The summed E-state index contributed by atoms with van der Waals surface area (Å²) in [5.41, 5.74) is 1.00. The summed E-state index contributed by atoms with van der Waals surface area (Å²) in [6, 6.07) is 11.2. The number of carbonyl (C=O) groups is 1. The number of phenolic OH excluding ortho intramolecular Hbond substituents is 2. The summed E-state index contributed by atoms with van der Waals surface area (Å²) in [6.45, 7) is 0.316. The van der Waals surface area contributed by atoms with Gasteiger partial charge in [0.1, 0.15) is 17.2 Å². The Balaban J connectivity index is 2.04. The third-order valence-corrected chi connectivity index (χ3v) is 2.81. The van der Waals surface area contributed by atoms with Crippen LogP contribution in [0.5, 0.6) is 17.2 Å². The van der Waals surface area contributed by atoms with E-state index in [0.29, 0.717) is 12.3 Å². The van der Waals surface area contributed by atoms with Gasteiger partial charge in [0.2, 0.25) is 0 Å². The Kier molecular flexibility index (Phi) is 4.10. The van der Waals surface area contributed by atoms with E-state index in [4.69, 9.17) is 4.74 Å². The molecule has 2 rings (SSSR count). The number of methoxy groups -OCH3 is 1. The third-order valence-electron chi connectivity index (χ3n) is 2.81. The first kappa shape index (κ1) is 13.7. The molecule has 0 atom stereocenters. The van der Waals surface area contributed by atoms with Gasteiger partial charge in [-0.3, -0.25) is 4.79 Å². The molecule has 0 unspecified atom stereocenters. The highest BCUT2D eigenvalue weighted by molar-refractivity contribution is 5.96. The quantitative estimate of drug-likeness (QED) is 0.796. The average molecular weight is 273 g/mol. The van der Waals surface area contributed by atoms with Crippen molar-refractivity contribution < 1.29 is 19.7 Å². The molecule has 3 N–H and O–H groups in total. The Morgan fingerprint density at radius 3 is 2.70 bits per heavy atom. The molecule has 0 saturated carbocycles. The highest BCUT2D eigenvalue weighted by atomic mass is 16.5. The van der Waals surface area contributed by atoms with Gasteiger partial charge in [0.05, 0.1) is 12.7 Å². The number of amides is 1. The van der Waals surface area contributed by atoms with Crippen molar-refractivity contribution in [2.24, 2.45) is 0 Å². The summed E-state index contributed by atoms with van der Waals surface area (Å²) in [7, 11) is 1.58. The Bertz CT molecular complexity index is 625. The van der Waals surface area contributed by atoms with Crippen LogP contribution in [0.4, 0.5) is 0 Å². The molecule has 2 aromatic rings. The Morgan fingerprint density at radius 1 is 1.20 bits per heavy atom. The predicted octanol–water partition coefficient (Wildman–Crippen LogP) is 2.04. The maximum absolute atomic E-state index is 11.9. The first-order valence-electron chi connectivity index (χ1n) is 6.03. The Morgan fingerprint density at radius 2 is 2.00 bits per heavy atom. The molecule has 5 nitrogen and oxygen atoms in total. The Labute approximate surface area is 116 Å². The summed E-state index contributed by atoms with van der Waals surface area (Å²) in [5, 5.41) is 21.5. The van der Waals surface area contributed by atoms with E-state index >= 15 is 0 Å². The van der Waals surface area contributed by atoms with Crippen molar-refractivity contribution in [2.75, 3.05) is 7.11 Å². The fourth-order valence-corrected chi connectivity index (χ4v) is 1.77. The van der Waals surface area contributed by atoms with E-state index < -0.39 is 5.91 Å². The van der Waals surface area contributed by atoms with Crippen LogP contribution in [0.1, 0.15) is 15.9 Å². The van der Waals surface area contributed by atoms with Crippen molar-refractivity contribution in [1.29, 1.82) is 0 Å². The molecule has 0 saturated heterocycles. The van der Waals surface area contributed by atoms with Gasteiger partial charge in [0.15, 0.2) is 0 Å². The zero-order valence-corrected chi connectivity index (χ0v) is 11.0. The second-order valence-corrected chi connectivity index (χ2v) is 4.24. The minimum atomic E-state index is -0.412. The second-order valence-electron chi connectivity index (χ2n) is 4.24. The van der Waals surface area contributed by atoms with Crippen molar-refractivity contribution in [1.82, 2.24) is 5.32 Å². The summed E-state index contributed by atoms with van der Waals surface area (Å²) in [5.74, 6) is -0.0467. The number of nitrogens with one attached hydrogen (secondary N) is 1. The SMILES string of the molecule is COc1cccc(CNC(=O)c2ccc(O)cc2O)c1. The maximum atomic E-state index is 11.9. The minimum Gasteiger partial charge on any atom is -0.508 e. The van der Waals surface area contributed by atoms with Crippen LogP contribution in [0.15, 0.2) is 42.5 Å². The van der Waals surface area contributed by atoms with Crippen molar-refractivity contribution in [3.63, 3.8) is 0 Å². The average Bonchev–Trinajstić information content (AvgIpc) is 2.45. The standard InChI is InChI=1S/C15H15NO4/c1-20-12-4-2-3-10(7-12)9-16-15(19)13-6-5-11(17)8-14(13)18/h2-8,17-18H,9H2,1H3,(H,16,19). The monoisotopic (exact) mass is 273 g/mol. The van der Waals surface area contributed by atoms with Crippen LogP contribution in [0.2, 0.25) is 0 Å². The van der Waals surface area contributed by atoms with E-state index in [1.54, 1.807) is 7.11 Å². The van der Waals surface area contributed by atoms with Crippen LogP contribution in [-0.2, 0) is 6.54 Å². The molecule has 104 valence electrons. The highest BCUT2D eigenvalue weighted by Gasteiger charge is 2.11. The number of benzene rings is 2. The number of ether oxygens (including phenoxy) is 1. The van der Waals surface area contributed by atoms with Gasteiger partial charge >= 0.3 is 0 Å². The maximum Gasteiger partial charge on any atom is 0.255 e. The molecular weight excluding hydrogens is 258 g/mol. The molecular formula is C15H15NO4. The van der Waals surface area contributed by atoms with Gasteiger partial charge in [-0.2, -0.15) is 0 Å². The van der Waals surface area contributed by atoms with Crippen LogP contribution in [0.25, 0.3) is 0 Å². The summed E-state index contributed by atoms with van der Waals surface area (Å²) in [4.78, 5) is 11.9. The molecule has 20 heavy (non-hydrogen) atoms. The van der Waals surface area contributed by atoms with E-state index in [0.717, 1.165) is 11.6 Å². The van der Waals surface area contributed by atoms with Gasteiger partial charge < -0.3 is 20.3 Å². The van der Waals surface area contributed by atoms with Crippen molar-refractivity contribution in [3.05, 3.63) is 53.6 Å². The first-order chi connectivity index (χ1) is 9.60. The number of hydrogen-bond donors (Lipinski definition) is 3. The molecule has 0 heterocycles. The fraction of sp³-hybridized carbons (Fsp3) is 0.133. The fourth-order valence-electron chi connectivity index (χ4n) is 1.77. The lowest BCUT2D eigenvalue weighted by Gasteiger charge is -2.08. The van der Waals surface area contributed by atoms with Crippen LogP contribution in [0.3, 0.4) is 0 Å². The van der Waals surface area contributed by atoms with Gasteiger partial charge in [-0.15, -0.1) is 0 Å². The molecule has 0 aliphatic carbocycles. The van der Waals surface area contributed by atoms with Crippen LogP contribution in [0, 0.1) is 0 Å². The number of aromatic hydroxyl groups is 2. The molecule has 0 fully saturated rings. The number of phenols is 2. The Hall–Kier alpha value is -2.69. The van der Waals surface area contributed by atoms with E-state index in [2.05, 4.69) is 5.32 Å². The molecule has 0 spiro atoms. The zero-order chi connectivity index (χ0) is 14.5. The summed E-state index contributed by atoms with van der Waals surface area (Å²) >= 11 is 0. The lowest BCUT2D eigenvalue weighted by Crippen LogP contribution is -2.22. The molecule has 5 heteroatoms. The third kappa shape index (κ3) is 3.20. The van der Waals surface area contributed by atoms with Crippen LogP contribution >= 0.6 is 0 Å². The number of rotatable bonds is 4. The molecule has 1 amide bonds. The van der Waals surface area contributed by atoms with Gasteiger partial charge in [-0.25, -0.2) is 0 Å². The summed E-state index contributed by atoms with van der Waals surface area (Å²) in [6.07, 6.45) is 0. The van der Waals surface area contributed by atoms with Gasteiger partial charge in [0.25, 0.3) is 5.91 Å². The predicted molar refractivity (Wildman–Crippen MR) is 73.9 cm³/mol. The topological polar surface area (TPSA) is 78.8 Å². The molecule has 0 aliphatic heterocycles. The van der Waals surface area contributed by atoms with Crippen LogP contribution < -0.4 is 10.1 Å². The summed E-state index contributed by atoms with van der Waals surface area (Å²) < 4.78 is 5.10. The van der Waals surface area contributed by atoms with Gasteiger partial charge in [-0.1, -0.05) is 12.1 Å². The van der Waals surface area contributed by atoms with E-state index in [1.165, 1.54) is 12.1 Å². The van der Waals surface area contributed by atoms with Crippen molar-refractivity contribution in [3.8, 4) is 17.2 Å². The van der Waals surface area contributed by atoms with E-state index in [-0.39, 0.29) is 17.1 Å². The van der Waals surface area contributed by atoms with E-state index in [9.17, 15) is 15.0 Å². The molecule has 0 radical (unpaired) electrons. The normalized spacial score (nSPS) is 10.1. The zero-order valence-electron chi connectivity index (χ0n) is 11.0. The van der Waals surface area contributed by atoms with E-state index in [1.807, 2.05) is 24.3 Å². The lowest BCUT2D eigenvalue weighted by atomic mass is 10.1. The first-order valence-corrected chi connectivity index (χ1v) is 6.03. The smallest absolute Gasteiger partial charge is 0.255 e. The minimum absolute atomic E-state index is 0.0909. The van der Waals surface area contributed by atoms with Gasteiger partial charge in [-0.05, 0) is 29.8 Å². The van der Waals surface area contributed by atoms with Gasteiger partial charge in [0, 0.05) is 12.6 Å².